The van der Waals surface area contributed by atoms with E-state index in [1.54, 1.807) is 6.07 Å². The standard InChI is InChI=1S/C11H15N3O3/c1-16-11(15)8-5-6-10(14-13-8)17-9-4-2-3-7(9)12/h5-7,9H,2-4,12H2,1H3. The lowest BCUT2D eigenvalue weighted by Gasteiger charge is -2.16. The minimum atomic E-state index is -0.512. The predicted molar refractivity (Wildman–Crippen MR) is 59.6 cm³/mol. The van der Waals surface area contributed by atoms with Gasteiger partial charge in [-0.05, 0) is 25.3 Å². The molecule has 92 valence electrons. The third-order valence-corrected chi connectivity index (χ3v) is 2.81. The Labute approximate surface area is 99.1 Å². The van der Waals surface area contributed by atoms with Crippen molar-refractivity contribution in [3.05, 3.63) is 17.8 Å². The van der Waals surface area contributed by atoms with Crippen LogP contribution in [0, 0.1) is 0 Å². The molecule has 1 aliphatic carbocycles. The van der Waals surface area contributed by atoms with E-state index in [1.807, 2.05) is 0 Å². The highest BCUT2D eigenvalue weighted by atomic mass is 16.5. The van der Waals surface area contributed by atoms with Gasteiger partial charge >= 0.3 is 5.97 Å². The molecule has 2 rings (SSSR count). The SMILES string of the molecule is COC(=O)c1ccc(OC2CCCC2N)nn1. The van der Waals surface area contributed by atoms with Crippen molar-refractivity contribution in [2.75, 3.05) is 7.11 Å². The fraction of sp³-hybridized carbons (Fsp3) is 0.545. The van der Waals surface area contributed by atoms with Gasteiger partial charge in [-0.3, -0.25) is 0 Å². The van der Waals surface area contributed by atoms with Crippen LogP contribution in [0.15, 0.2) is 12.1 Å². The van der Waals surface area contributed by atoms with Gasteiger partial charge in [0.15, 0.2) is 5.69 Å². The lowest BCUT2D eigenvalue weighted by molar-refractivity contribution is 0.0592. The van der Waals surface area contributed by atoms with E-state index in [0.29, 0.717) is 5.88 Å². The Hall–Kier alpha value is -1.69. The van der Waals surface area contributed by atoms with Crippen LogP contribution in [-0.4, -0.2) is 35.4 Å². The van der Waals surface area contributed by atoms with Gasteiger partial charge in [0.25, 0.3) is 0 Å². The highest BCUT2D eigenvalue weighted by Gasteiger charge is 2.26. The van der Waals surface area contributed by atoms with Crippen LogP contribution < -0.4 is 10.5 Å². The first kappa shape index (κ1) is 11.8. The molecule has 1 saturated carbocycles. The molecule has 2 unspecified atom stereocenters. The third kappa shape index (κ3) is 2.71. The summed E-state index contributed by atoms with van der Waals surface area (Å²) in [6.07, 6.45) is 2.97. The van der Waals surface area contributed by atoms with Crippen molar-refractivity contribution < 1.29 is 14.3 Å². The molecule has 1 aromatic heterocycles. The van der Waals surface area contributed by atoms with E-state index in [4.69, 9.17) is 10.5 Å². The summed E-state index contributed by atoms with van der Waals surface area (Å²) in [7, 11) is 1.30. The van der Waals surface area contributed by atoms with Crippen molar-refractivity contribution in [1.29, 1.82) is 0 Å². The molecule has 0 saturated heterocycles. The minimum absolute atomic E-state index is 0.00623. The molecule has 6 heteroatoms. The molecule has 0 aliphatic heterocycles. The normalized spacial score (nSPS) is 23.4. The van der Waals surface area contributed by atoms with Crippen LogP contribution in [0.25, 0.3) is 0 Å². The summed E-state index contributed by atoms with van der Waals surface area (Å²) in [5.74, 6) is -0.123. The van der Waals surface area contributed by atoms with Crippen LogP contribution in [0.1, 0.15) is 29.8 Å². The number of nitrogens with zero attached hydrogens (tertiary/aromatic N) is 2. The van der Waals surface area contributed by atoms with E-state index >= 15 is 0 Å². The molecule has 0 aromatic carbocycles. The molecule has 2 N–H and O–H groups in total. The van der Waals surface area contributed by atoms with E-state index in [1.165, 1.54) is 13.2 Å². The summed E-state index contributed by atoms with van der Waals surface area (Å²) in [4.78, 5) is 11.1. The maximum absolute atomic E-state index is 11.1. The molecule has 1 fully saturated rings. The molecule has 17 heavy (non-hydrogen) atoms. The molecule has 0 spiro atoms. The lowest BCUT2D eigenvalue weighted by atomic mass is 10.2. The fourth-order valence-electron chi connectivity index (χ4n) is 1.85. The second kappa shape index (κ2) is 5.09. The number of rotatable bonds is 3. The number of carbonyl (C=O) groups is 1. The Bertz CT molecular complexity index is 393. The van der Waals surface area contributed by atoms with Crippen molar-refractivity contribution in [3.63, 3.8) is 0 Å². The molecule has 0 bridgehead atoms. The molecule has 1 aromatic rings. The van der Waals surface area contributed by atoms with E-state index in [9.17, 15) is 4.79 Å². The minimum Gasteiger partial charge on any atom is -0.472 e. The second-order valence-electron chi connectivity index (χ2n) is 4.00. The molecule has 2 atom stereocenters. The van der Waals surface area contributed by atoms with Crippen LogP contribution in [-0.2, 0) is 4.74 Å². The molecule has 6 nitrogen and oxygen atoms in total. The highest BCUT2D eigenvalue weighted by Crippen LogP contribution is 2.21. The maximum Gasteiger partial charge on any atom is 0.358 e. The number of ether oxygens (including phenoxy) is 2. The molecule has 1 aliphatic rings. The maximum atomic E-state index is 11.1. The van der Waals surface area contributed by atoms with Gasteiger partial charge in [-0.2, -0.15) is 0 Å². The van der Waals surface area contributed by atoms with E-state index in [-0.39, 0.29) is 17.8 Å². The van der Waals surface area contributed by atoms with Crippen LogP contribution >= 0.6 is 0 Å². The quantitative estimate of drug-likeness (QED) is 0.771. The first-order valence-electron chi connectivity index (χ1n) is 5.55. The summed E-state index contributed by atoms with van der Waals surface area (Å²) < 4.78 is 10.1. The molecular weight excluding hydrogens is 222 g/mol. The zero-order chi connectivity index (χ0) is 12.3. The van der Waals surface area contributed by atoms with Crippen LogP contribution in [0.2, 0.25) is 0 Å². The number of aromatic nitrogens is 2. The fourth-order valence-corrected chi connectivity index (χ4v) is 1.85. The van der Waals surface area contributed by atoms with Crippen LogP contribution in [0.4, 0.5) is 0 Å². The van der Waals surface area contributed by atoms with E-state index in [0.717, 1.165) is 19.3 Å². The smallest absolute Gasteiger partial charge is 0.358 e. The van der Waals surface area contributed by atoms with Crippen molar-refractivity contribution in [1.82, 2.24) is 10.2 Å². The zero-order valence-corrected chi connectivity index (χ0v) is 9.63. The van der Waals surface area contributed by atoms with Gasteiger partial charge in [-0.15, -0.1) is 10.2 Å². The van der Waals surface area contributed by atoms with Crippen LogP contribution in [0.5, 0.6) is 5.88 Å². The van der Waals surface area contributed by atoms with E-state index < -0.39 is 5.97 Å². The third-order valence-electron chi connectivity index (χ3n) is 2.81. The van der Waals surface area contributed by atoms with Gasteiger partial charge in [-0.25, -0.2) is 4.79 Å². The second-order valence-corrected chi connectivity index (χ2v) is 4.00. The van der Waals surface area contributed by atoms with Gasteiger partial charge in [0, 0.05) is 12.1 Å². The Balaban J connectivity index is 2.00. The summed E-state index contributed by atoms with van der Waals surface area (Å²) in [5, 5.41) is 7.54. The Kier molecular flexibility index (Phi) is 3.53. The van der Waals surface area contributed by atoms with E-state index in [2.05, 4.69) is 14.9 Å². The number of hydrogen-bond donors (Lipinski definition) is 1. The molecule has 0 amide bonds. The monoisotopic (exact) mass is 237 g/mol. The van der Waals surface area contributed by atoms with Gasteiger partial charge in [0.05, 0.1) is 7.11 Å². The summed E-state index contributed by atoms with van der Waals surface area (Å²) in [6.45, 7) is 0. The summed E-state index contributed by atoms with van der Waals surface area (Å²) in [5.41, 5.74) is 6.04. The molecule has 1 heterocycles. The Morgan fingerprint density at radius 1 is 1.41 bits per heavy atom. The number of carbonyl (C=O) groups excluding carboxylic acids is 1. The Morgan fingerprint density at radius 2 is 2.24 bits per heavy atom. The van der Waals surface area contributed by atoms with Gasteiger partial charge in [0.1, 0.15) is 6.10 Å². The highest BCUT2D eigenvalue weighted by molar-refractivity contribution is 5.86. The number of methoxy groups -OCH3 is 1. The predicted octanol–water partition coefficient (Wildman–Crippen LogP) is 0.522. The van der Waals surface area contributed by atoms with Gasteiger partial charge in [-0.1, -0.05) is 0 Å². The summed E-state index contributed by atoms with van der Waals surface area (Å²) >= 11 is 0. The average Bonchev–Trinajstić information content (AvgIpc) is 2.75. The average molecular weight is 237 g/mol. The van der Waals surface area contributed by atoms with Crippen molar-refractivity contribution >= 4 is 5.97 Å². The van der Waals surface area contributed by atoms with Gasteiger partial charge in [0.2, 0.25) is 5.88 Å². The molecular formula is C11H15N3O3. The Morgan fingerprint density at radius 3 is 2.76 bits per heavy atom. The number of esters is 1. The van der Waals surface area contributed by atoms with Crippen molar-refractivity contribution in [3.8, 4) is 5.88 Å². The number of hydrogen-bond acceptors (Lipinski definition) is 6. The summed E-state index contributed by atoms with van der Waals surface area (Å²) in [6, 6.07) is 3.18. The first-order chi connectivity index (χ1) is 8.20. The van der Waals surface area contributed by atoms with Gasteiger partial charge < -0.3 is 15.2 Å². The largest absolute Gasteiger partial charge is 0.472 e. The topological polar surface area (TPSA) is 87.3 Å². The molecule has 0 radical (unpaired) electrons. The number of nitrogens with two attached hydrogens (primary N) is 1. The first-order valence-corrected chi connectivity index (χ1v) is 5.55. The van der Waals surface area contributed by atoms with Crippen LogP contribution in [0.3, 0.4) is 0 Å². The van der Waals surface area contributed by atoms with Crippen molar-refractivity contribution in [2.45, 2.75) is 31.4 Å². The zero-order valence-electron chi connectivity index (χ0n) is 9.63. The lowest BCUT2D eigenvalue weighted by Crippen LogP contribution is -2.33. The van der Waals surface area contributed by atoms with Crippen molar-refractivity contribution in [2.24, 2.45) is 5.73 Å².